The Balaban J connectivity index is 2.91. The molecular weight excluding hydrogens is 193 g/mol. The third kappa shape index (κ3) is 2.66. The summed E-state index contributed by atoms with van der Waals surface area (Å²) in [5, 5.41) is 9.07. The van der Waals surface area contributed by atoms with Gasteiger partial charge in [0.15, 0.2) is 0 Å². The molecule has 1 aromatic carbocycles. The maximum absolute atomic E-state index is 12.8. The highest BCUT2D eigenvalue weighted by Crippen LogP contribution is 2.23. The Morgan fingerprint density at radius 2 is 2.23 bits per heavy atom. The van der Waals surface area contributed by atoms with E-state index in [1.807, 2.05) is 0 Å². The van der Waals surface area contributed by atoms with E-state index in [0.717, 1.165) is 0 Å². The van der Waals surface area contributed by atoms with Crippen LogP contribution >= 0.6 is 11.6 Å². The largest absolute Gasteiger partial charge is 0.396 e. The van der Waals surface area contributed by atoms with E-state index in [4.69, 9.17) is 22.4 Å². The van der Waals surface area contributed by atoms with Crippen LogP contribution in [-0.2, 0) is 0 Å². The normalized spacial score (nSPS) is 12.9. The Hall–Kier alpha value is -0.640. The molecule has 0 aromatic heterocycles. The van der Waals surface area contributed by atoms with Gasteiger partial charge >= 0.3 is 0 Å². The summed E-state index contributed by atoms with van der Waals surface area (Å²) in [5.41, 5.74) is 6.20. The Morgan fingerprint density at radius 1 is 1.54 bits per heavy atom. The van der Waals surface area contributed by atoms with E-state index in [-0.39, 0.29) is 12.4 Å². The average molecular weight is 204 g/mol. The minimum Gasteiger partial charge on any atom is -0.396 e. The van der Waals surface area contributed by atoms with Crippen LogP contribution in [0.15, 0.2) is 18.2 Å². The van der Waals surface area contributed by atoms with Crippen LogP contribution in [0.5, 0.6) is 0 Å². The van der Waals surface area contributed by atoms with Gasteiger partial charge in [-0.3, -0.25) is 0 Å². The molecule has 2 nitrogen and oxygen atoms in total. The van der Waals surface area contributed by atoms with E-state index in [1.165, 1.54) is 18.2 Å². The van der Waals surface area contributed by atoms with Crippen LogP contribution in [0, 0.1) is 5.82 Å². The van der Waals surface area contributed by atoms with Gasteiger partial charge in [-0.2, -0.15) is 0 Å². The fourth-order valence-electron chi connectivity index (χ4n) is 1.09. The first-order valence-corrected chi connectivity index (χ1v) is 4.34. The van der Waals surface area contributed by atoms with E-state index in [0.29, 0.717) is 17.0 Å². The summed E-state index contributed by atoms with van der Waals surface area (Å²) in [6.07, 6.45) is 0.378. The van der Waals surface area contributed by atoms with Gasteiger partial charge in [0.1, 0.15) is 5.82 Å². The van der Waals surface area contributed by atoms with Crippen molar-refractivity contribution in [2.45, 2.75) is 12.5 Å². The second kappa shape index (κ2) is 4.56. The average Bonchev–Trinajstić information content (AvgIpc) is 2.09. The monoisotopic (exact) mass is 203 g/mol. The van der Waals surface area contributed by atoms with Crippen LogP contribution in [0.2, 0.25) is 5.02 Å². The number of halogens is 2. The SMILES string of the molecule is NC(CCO)c1cc(F)ccc1Cl. The Bertz CT molecular complexity index is 293. The highest BCUT2D eigenvalue weighted by Gasteiger charge is 2.10. The summed E-state index contributed by atoms with van der Waals surface area (Å²) in [4.78, 5) is 0. The number of hydrogen-bond acceptors (Lipinski definition) is 2. The predicted octanol–water partition coefficient (Wildman–Crippen LogP) is 1.86. The molecule has 1 aromatic rings. The van der Waals surface area contributed by atoms with Gasteiger partial charge in [0.2, 0.25) is 0 Å². The molecule has 0 heterocycles. The van der Waals surface area contributed by atoms with Crippen molar-refractivity contribution >= 4 is 11.6 Å². The van der Waals surface area contributed by atoms with Gasteiger partial charge in [0, 0.05) is 17.7 Å². The van der Waals surface area contributed by atoms with E-state index < -0.39 is 6.04 Å². The standard InChI is InChI=1S/C9H11ClFNO/c10-8-2-1-6(11)5-7(8)9(12)3-4-13/h1-2,5,9,13H,3-4,12H2. The molecule has 0 aliphatic rings. The number of aliphatic hydroxyl groups is 1. The third-order valence-corrected chi connectivity index (χ3v) is 2.14. The van der Waals surface area contributed by atoms with Crippen LogP contribution in [0.25, 0.3) is 0 Å². The highest BCUT2D eigenvalue weighted by molar-refractivity contribution is 6.31. The molecule has 0 radical (unpaired) electrons. The maximum atomic E-state index is 12.8. The van der Waals surface area contributed by atoms with Gasteiger partial charge in [0.05, 0.1) is 0 Å². The van der Waals surface area contributed by atoms with E-state index in [9.17, 15) is 4.39 Å². The van der Waals surface area contributed by atoms with E-state index in [2.05, 4.69) is 0 Å². The second-order valence-electron chi connectivity index (χ2n) is 2.78. The topological polar surface area (TPSA) is 46.2 Å². The smallest absolute Gasteiger partial charge is 0.123 e. The van der Waals surface area contributed by atoms with Crippen molar-refractivity contribution in [1.29, 1.82) is 0 Å². The lowest BCUT2D eigenvalue weighted by molar-refractivity contribution is 0.276. The summed E-state index contributed by atoms with van der Waals surface area (Å²) >= 11 is 5.80. The number of hydrogen-bond donors (Lipinski definition) is 2. The lowest BCUT2D eigenvalue weighted by Gasteiger charge is -2.11. The summed E-state index contributed by atoms with van der Waals surface area (Å²) in [5.74, 6) is -0.368. The quantitative estimate of drug-likeness (QED) is 0.788. The predicted molar refractivity (Wildman–Crippen MR) is 50.0 cm³/mol. The van der Waals surface area contributed by atoms with Crippen molar-refractivity contribution in [3.8, 4) is 0 Å². The van der Waals surface area contributed by atoms with Crippen molar-refractivity contribution in [1.82, 2.24) is 0 Å². The molecule has 4 heteroatoms. The molecule has 0 spiro atoms. The molecule has 0 aliphatic heterocycles. The number of aliphatic hydroxyl groups excluding tert-OH is 1. The van der Waals surface area contributed by atoms with Gasteiger partial charge in [-0.1, -0.05) is 11.6 Å². The summed E-state index contributed by atoms with van der Waals surface area (Å²) in [7, 11) is 0. The first-order chi connectivity index (χ1) is 6.15. The number of rotatable bonds is 3. The molecule has 0 amide bonds. The van der Waals surface area contributed by atoms with E-state index >= 15 is 0 Å². The summed E-state index contributed by atoms with van der Waals surface area (Å²) < 4.78 is 12.8. The number of benzene rings is 1. The molecule has 0 saturated carbocycles. The number of nitrogens with two attached hydrogens (primary N) is 1. The molecule has 0 aliphatic carbocycles. The molecule has 72 valence electrons. The molecule has 0 fully saturated rings. The molecule has 0 saturated heterocycles. The van der Waals surface area contributed by atoms with Crippen LogP contribution in [-0.4, -0.2) is 11.7 Å². The van der Waals surface area contributed by atoms with Gasteiger partial charge < -0.3 is 10.8 Å². The zero-order chi connectivity index (χ0) is 9.84. The Kier molecular flexibility index (Phi) is 3.66. The van der Waals surface area contributed by atoms with Crippen molar-refractivity contribution in [2.75, 3.05) is 6.61 Å². The van der Waals surface area contributed by atoms with Gasteiger partial charge in [-0.15, -0.1) is 0 Å². The molecule has 1 atom stereocenters. The Morgan fingerprint density at radius 3 is 2.85 bits per heavy atom. The van der Waals surface area contributed by atoms with Crippen molar-refractivity contribution in [2.24, 2.45) is 5.73 Å². The molecule has 1 rings (SSSR count). The van der Waals surface area contributed by atoms with Crippen molar-refractivity contribution in [3.63, 3.8) is 0 Å². The Labute approximate surface area is 81.1 Å². The first-order valence-electron chi connectivity index (χ1n) is 3.96. The van der Waals surface area contributed by atoms with E-state index in [1.54, 1.807) is 0 Å². The summed E-state index contributed by atoms with van der Waals surface area (Å²) in [6.45, 7) is -0.0337. The molecular formula is C9H11ClFNO. The van der Waals surface area contributed by atoms with Crippen molar-refractivity contribution in [3.05, 3.63) is 34.6 Å². The van der Waals surface area contributed by atoms with Crippen LogP contribution in [0.3, 0.4) is 0 Å². The van der Waals surface area contributed by atoms with Gasteiger partial charge in [0.25, 0.3) is 0 Å². The molecule has 0 bridgehead atoms. The zero-order valence-electron chi connectivity index (χ0n) is 7.00. The fourth-order valence-corrected chi connectivity index (χ4v) is 1.35. The highest BCUT2D eigenvalue weighted by atomic mass is 35.5. The zero-order valence-corrected chi connectivity index (χ0v) is 7.76. The van der Waals surface area contributed by atoms with Crippen LogP contribution < -0.4 is 5.73 Å². The minimum absolute atomic E-state index is 0.0337. The van der Waals surface area contributed by atoms with Crippen LogP contribution in [0.1, 0.15) is 18.0 Å². The molecule has 3 N–H and O–H groups in total. The molecule has 1 unspecified atom stereocenters. The van der Waals surface area contributed by atoms with Crippen LogP contribution in [0.4, 0.5) is 4.39 Å². The lowest BCUT2D eigenvalue weighted by atomic mass is 10.1. The summed E-state index contributed by atoms with van der Waals surface area (Å²) in [6, 6.07) is 3.62. The second-order valence-corrected chi connectivity index (χ2v) is 3.19. The first kappa shape index (κ1) is 10.4. The third-order valence-electron chi connectivity index (χ3n) is 1.80. The molecule has 13 heavy (non-hydrogen) atoms. The van der Waals surface area contributed by atoms with Gasteiger partial charge in [-0.05, 0) is 30.2 Å². The minimum atomic E-state index is -0.409. The lowest BCUT2D eigenvalue weighted by Crippen LogP contribution is -2.12. The van der Waals surface area contributed by atoms with Crippen molar-refractivity contribution < 1.29 is 9.50 Å². The fraction of sp³-hybridized carbons (Fsp3) is 0.333. The van der Waals surface area contributed by atoms with Gasteiger partial charge in [-0.25, -0.2) is 4.39 Å². The maximum Gasteiger partial charge on any atom is 0.123 e.